The summed E-state index contributed by atoms with van der Waals surface area (Å²) in [5, 5.41) is 4.82. The molecular weight excluding hydrogens is 338 g/mol. The molecule has 0 saturated carbocycles. The van der Waals surface area contributed by atoms with E-state index in [-0.39, 0.29) is 11.6 Å². The van der Waals surface area contributed by atoms with Crippen molar-refractivity contribution in [2.45, 2.75) is 32.7 Å². The van der Waals surface area contributed by atoms with Crippen molar-refractivity contribution in [3.05, 3.63) is 39.1 Å². The van der Waals surface area contributed by atoms with Crippen LogP contribution in [0.15, 0.2) is 27.7 Å². The highest BCUT2D eigenvalue weighted by Gasteiger charge is 2.24. The van der Waals surface area contributed by atoms with Crippen LogP contribution in [0.4, 0.5) is 0 Å². The van der Waals surface area contributed by atoms with Crippen molar-refractivity contribution in [1.82, 2.24) is 14.9 Å². The number of H-pyrrole nitrogens is 1. The fourth-order valence-corrected chi connectivity index (χ4v) is 5.30. The van der Waals surface area contributed by atoms with Crippen molar-refractivity contribution >= 4 is 32.9 Å². The van der Waals surface area contributed by atoms with Crippen molar-refractivity contribution in [1.29, 1.82) is 0 Å². The van der Waals surface area contributed by atoms with Crippen LogP contribution in [0.3, 0.4) is 0 Å². The molecule has 1 saturated heterocycles. The third-order valence-corrected chi connectivity index (χ3v) is 6.66. The van der Waals surface area contributed by atoms with Gasteiger partial charge in [-0.1, -0.05) is 13.0 Å². The molecule has 0 amide bonds. The topological polar surface area (TPSA) is 49.0 Å². The maximum Gasteiger partial charge on any atom is 0.260 e. The molecule has 1 N–H and O–H groups in total. The summed E-state index contributed by atoms with van der Waals surface area (Å²) in [6.07, 6.45) is 2.51. The first kappa shape index (κ1) is 16.0. The number of nitrogens with one attached hydrogen (secondary N) is 1. The Morgan fingerprint density at radius 3 is 3.04 bits per heavy atom. The van der Waals surface area contributed by atoms with E-state index in [0.29, 0.717) is 5.92 Å². The van der Waals surface area contributed by atoms with Gasteiger partial charge in [-0.25, -0.2) is 4.98 Å². The number of likely N-dealkylation sites (tertiary alicyclic amines) is 1. The number of fused-ring (bicyclic) bond motifs is 1. The summed E-state index contributed by atoms with van der Waals surface area (Å²) >= 11 is 3.22. The molecule has 0 unspecified atom stereocenters. The highest BCUT2D eigenvalue weighted by Crippen LogP contribution is 2.34. The summed E-state index contributed by atoms with van der Waals surface area (Å²) in [4.78, 5) is 25.0. The zero-order valence-corrected chi connectivity index (χ0v) is 15.5. The smallest absolute Gasteiger partial charge is 0.260 e. The van der Waals surface area contributed by atoms with E-state index in [1.165, 1.54) is 12.8 Å². The molecule has 3 aromatic heterocycles. The van der Waals surface area contributed by atoms with E-state index in [1.54, 1.807) is 22.7 Å². The number of piperidine rings is 1. The Bertz CT molecular complexity index is 897. The molecule has 4 heterocycles. The molecule has 0 spiro atoms. The minimum absolute atomic E-state index is 0.0171. The van der Waals surface area contributed by atoms with E-state index >= 15 is 0 Å². The van der Waals surface area contributed by atoms with Crippen molar-refractivity contribution in [3.63, 3.8) is 0 Å². The highest BCUT2D eigenvalue weighted by atomic mass is 32.1. The van der Waals surface area contributed by atoms with Crippen LogP contribution in [-0.4, -0.2) is 28.0 Å². The Balaban J connectivity index is 1.72. The lowest BCUT2D eigenvalue weighted by atomic mass is 9.99. The SMILES string of the molecule is C[C@H]1CCCN([C@@H](C)c2nc3scc(-c4cccs4)c3c(=O)[nH]2)C1. The monoisotopic (exact) mass is 359 g/mol. The second-order valence-corrected chi connectivity index (χ2v) is 8.48. The van der Waals surface area contributed by atoms with Crippen LogP contribution >= 0.6 is 22.7 Å². The van der Waals surface area contributed by atoms with Crippen molar-refractivity contribution in [2.24, 2.45) is 5.92 Å². The van der Waals surface area contributed by atoms with Crippen LogP contribution in [0.1, 0.15) is 38.6 Å². The third-order valence-electron chi connectivity index (χ3n) is 4.88. The third kappa shape index (κ3) is 2.83. The van der Waals surface area contributed by atoms with Gasteiger partial charge in [0.15, 0.2) is 0 Å². The fourth-order valence-electron chi connectivity index (χ4n) is 3.53. The molecule has 126 valence electrons. The van der Waals surface area contributed by atoms with Gasteiger partial charge in [0.25, 0.3) is 5.56 Å². The molecule has 2 atom stereocenters. The van der Waals surface area contributed by atoms with Gasteiger partial charge in [0.1, 0.15) is 10.7 Å². The Morgan fingerprint density at radius 1 is 1.42 bits per heavy atom. The summed E-state index contributed by atoms with van der Waals surface area (Å²) in [6.45, 7) is 6.60. The molecule has 1 aliphatic rings. The maximum atomic E-state index is 12.7. The van der Waals surface area contributed by atoms with Crippen molar-refractivity contribution < 1.29 is 0 Å². The molecule has 0 aliphatic carbocycles. The molecule has 1 aliphatic heterocycles. The first-order valence-corrected chi connectivity index (χ1v) is 10.2. The van der Waals surface area contributed by atoms with Crippen molar-refractivity contribution in [2.75, 3.05) is 13.1 Å². The number of thiophene rings is 2. The Kier molecular flexibility index (Phi) is 4.28. The number of hydrogen-bond acceptors (Lipinski definition) is 5. The van der Waals surface area contributed by atoms with Gasteiger partial charge in [0.2, 0.25) is 0 Å². The van der Waals surface area contributed by atoms with E-state index < -0.39 is 0 Å². The van der Waals surface area contributed by atoms with E-state index in [0.717, 1.165) is 39.6 Å². The Morgan fingerprint density at radius 2 is 2.29 bits per heavy atom. The normalized spacial score (nSPS) is 20.5. The van der Waals surface area contributed by atoms with Gasteiger partial charge in [-0.05, 0) is 43.7 Å². The zero-order valence-electron chi connectivity index (χ0n) is 13.9. The molecule has 4 nitrogen and oxygen atoms in total. The number of aromatic nitrogens is 2. The fraction of sp³-hybridized carbons (Fsp3) is 0.444. The zero-order chi connectivity index (χ0) is 16.7. The molecule has 24 heavy (non-hydrogen) atoms. The van der Waals surface area contributed by atoms with Gasteiger partial charge in [0.05, 0.1) is 11.4 Å². The lowest BCUT2D eigenvalue weighted by Crippen LogP contribution is -2.37. The molecule has 0 radical (unpaired) electrons. The van der Waals surface area contributed by atoms with Gasteiger partial charge < -0.3 is 4.98 Å². The highest BCUT2D eigenvalue weighted by molar-refractivity contribution is 7.18. The van der Waals surface area contributed by atoms with Gasteiger partial charge >= 0.3 is 0 Å². The van der Waals surface area contributed by atoms with Crippen molar-refractivity contribution in [3.8, 4) is 10.4 Å². The van der Waals surface area contributed by atoms with Crippen LogP contribution in [0.5, 0.6) is 0 Å². The summed E-state index contributed by atoms with van der Waals surface area (Å²) in [5.74, 6) is 1.50. The molecule has 1 fully saturated rings. The average Bonchev–Trinajstić information content (AvgIpc) is 3.23. The second kappa shape index (κ2) is 6.43. The van der Waals surface area contributed by atoms with E-state index in [1.807, 2.05) is 11.4 Å². The molecule has 6 heteroatoms. The largest absolute Gasteiger partial charge is 0.309 e. The van der Waals surface area contributed by atoms with Gasteiger partial charge in [0, 0.05) is 22.4 Å². The standard InChI is InChI=1S/C18H21N3OS2/c1-11-5-3-7-21(9-11)12(2)16-19-17(22)15-13(10-24-18(15)20-16)14-6-4-8-23-14/h4,6,8,10-12H,3,5,7,9H2,1-2H3,(H,19,20,22)/t11-,12-/m0/s1. The predicted molar refractivity (Wildman–Crippen MR) is 102 cm³/mol. The number of nitrogens with zero attached hydrogens (tertiary/aromatic N) is 2. The first-order valence-electron chi connectivity index (χ1n) is 8.43. The van der Waals surface area contributed by atoms with Crippen LogP contribution in [-0.2, 0) is 0 Å². The maximum absolute atomic E-state index is 12.7. The van der Waals surface area contributed by atoms with E-state index in [9.17, 15) is 4.79 Å². The van der Waals surface area contributed by atoms with E-state index in [2.05, 4.69) is 35.2 Å². The summed E-state index contributed by atoms with van der Waals surface area (Å²) < 4.78 is 0. The number of aromatic amines is 1. The molecule has 0 bridgehead atoms. The number of rotatable bonds is 3. The molecule has 3 aromatic rings. The van der Waals surface area contributed by atoms with Gasteiger partial charge in [-0.2, -0.15) is 0 Å². The van der Waals surface area contributed by atoms with Crippen LogP contribution in [0, 0.1) is 5.92 Å². The second-order valence-electron chi connectivity index (χ2n) is 6.68. The number of hydrogen-bond donors (Lipinski definition) is 1. The minimum atomic E-state index is -0.0171. The summed E-state index contributed by atoms with van der Waals surface area (Å²) in [6, 6.07) is 4.22. The van der Waals surface area contributed by atoms with Crippen LogP contribution in [0.25, 0.3) is 20.7 Å². The summed E-state index contributed by atoms with van der Waals surface area (Å²) in [7, 11) is 0. The summed E-state index contributed by atoms with van der Waals surface area (Å²) in [5.41, 5.74) is 0.987. The Labute approximate surface area is 149 Å². The van der Waals surface area contributed by atoms with Gasteiger partial charge in [-0.15, -0.1) is 22.7 Å². The molecular formula is C18H21N3OS2. The first-order chi connectivity index (χ1) is 11.6. The van der Waals surface area contributed by atoms with Gasteiger partial charge in [-0.3, -0.25) is 9.69 Å². The van der Waals surface area contributed by atoms with Crippen LogP contribution < -0.4 is 5.56 Å². The quantitative estimate of drug-likeness (QED) is 0.749. The average molecular weight is 360 g/mol. The molecule has 4 rings (SSSR count). The lowest BCUT2D eigenvalue weighted by molar-refractivity contribution is 0.134. The Hall–Kier alpha value is -1.50. The lowest BCUT2D eigenvalue weighted by Gasteiger charge is -2.34. The van der Waals surface area contributed by atoms with Crippen LogP contribution in [0.2, 0.25) is 0 Å². The van der Waals surface area contributed by atoms with E-state index in [4.69, 9.17) is 4.98 Å². The molecule has 0 aromatic carbocycles. The predicted octanol–water partition coefficient (Wildman–Crippen LogP) is 4.51. The minimum Gasteiger partial charge on any atom is -0.309 e.